The Kier molecular flexibility index (Phi) is 1.97. The Morgan fingerprint density at radius 1 is 1.25 bits per heavy atom. The van der Waals surface area contributed by atoms with E-state index in [0.29, 0.717) is 0 Å². The molecule has 4 unspecified atom stereocenters. The van der Waals surface area contributed by atoms with Gasteiger partial charge in [0.1, 0.15) is 0 Å². The molecule has 0 spiro atoms. The van der Waals surface area contributed by atoms with Crippen molar-refractivity contribution >= 4 is 0 Å². The van der Waals surface area contributed by atoms with Crippen molar-refractivity contribution in [2.45, 2.75) is 52.9 Å². The van der Waals surface area contributed by atoms with E-state index < -0.39 is 0 Å². The third-order valence-corrected chi connectivity index (χ3v) is 4.67. The molecule has 0 nitrogen and oxygen atoms in total. The van der Waals surface area contributed by atoms with Crippen LogP contribution in [-0.2, 0) is 0 Å². The Morgan fingerprint density at radius 3 is 2.25 bits per heavy atom. The summed E-state index contributed by atoms with van der Waals surface area (Å²) in [6.45, 7) is 7.27. The van der Waals surface area contributed by atoms with Crippen LogP contribution in [0.5, 0.6) is 0 Å². The third kappa shape index (κ3) is 1.11. The van der Waals surface area contributed by atoms with E-state index in [-0.39, 0.29) is 0 Å². The quantitative estimate of drug-likeness (QED) is 0.584. The summed E-state index contributed by atoms with van der Waals surface area (Å²) in [5.74, 6) is 3.15. The largest absolute Gasteiger partial charge is 0.0648 e. The molecular weight excluding hydrogens is 144 g/mol. The zero-order chi connectivity index (χ0) is 8.77. The van der Waals surface area contributed by atoms with Crippen LogP contribution in [0, 0.1) is 23.2 Å². The van der Waals surface area contributed by atoms with Gasteiger partial charge in [0, 0.05) is 0 Å². The van der Waals surface area contributed by atoms with Crippen molar-refractivity contribution in [1.82, 2.24) is 0 Å². The van der Waals surface area contributed by atoms with Gasteiger partial charge in [-0.3, -0.25) is 0 Å². The highest BCUT2D eigenvalue weighted by atomic mass is 14.6. The molecule has 4 atom stereocenters. The molecular formula is C12H22. The van der Waals surface area contributed by atoms with Gasteiger partial charge in [0.15, 0.2) is 0 Å². The number of rotatable bonds is 2. The van der Waals surface area contributed by atoms with E-state index in [1.165, 1.54) is 32.1 Å². The minimum atomic E-state index is 0.810. The summed E-state index contributed by atoms with van der Waals surface area (Å²) in [4.78, 5) is 0. The molecule has 0 saturated heterocycles. The Labute approximate surface area is 76.7 Å². The van der Waals surface area contributed by atoms with Crippen molar-refractivity contribution in [2.24, 2.45) is 23.2 Å². The van der Waals surface area contributed by atoms with Crippen LogP contribution in [-0.4, -0.2) is 0 Å². The van der Waals surface area contributed by atoms with Gasteiger partial charge in [-0.2, -0.15) is 0 Å². The van der Waals surface area contributed by atoms with Crippen LogP contribution in [0.4, 0.5) is 0 Å². The Morgan fingerprint density at radius 2 is 1.92 bits per heavy atom. The summed E-state index contributed by atoms with van der Waals surface area (Å²) < 4.78 is 0. The molecule has 0 heterocycles. The van der Waals surface area contributed by atoms with Crippen LogP contribution in [0.2, 0.25) is 0 Å². The lowest BCUT2D eigenvalue weighted by atomic mass is 9.83. The maximum Gasteiger partial charge on any atom is -0.0243 e. The molecule has 2 saturated carbocycles. The van der Waals surface area contributed by atoms with Crippen molar-refractivity contribution in [3.8, 4) is 0 Å². The zero-order valence-electron chi connectivity index (χ0n) is 8.77. The van der Waals surface area contributed by atoms with E-state index in [4.69, 9.17) is 0 Å². The molecule has 0 aromatic heterocycles. The van der Waals surface area contributed by atoms with Crippen molar-refractivity contribution in [1.29, 1.82) is 0 Å². The average molecular weight is 166 g/mol. The van der Waals surface area contributed by atoms with Gasteiger partial charge in [-0.1, -0.05) is 27.2 Å². The highest BCUT2D eigenvalue weighted by Gasteiger charge is 2.55. The van der Waals surface area contributed by atoms with Gasteiger partial charge < -0.3 is 0 Å². The van der Waals surface area contributed by atoms with Gasteiger partial charge in [-0.05, 0) is 48.9 Å². The van der Waals surface area contributed by atoms with Crippen LogP contribution < -0.4 is 0 Å². The standard InChI is InChI=1S/C12H22/c1-4-12(8-10(12)3)11-6-5-9(2)7-11/h9-11H,4-8H2,1-3H3. The molecule has 0 radical (unpaired) electrons. The molecule has 12 heavy (non-hydrogen) atoms. The average Bonchev–Trinajstić information content (AvgIpc) is 2.50. The van der Waals surface area contributed by atoms with E-state index in [2.05, 4.69) is 20.8 Å². The Bertz CT molecular complexity index is 169. The first-order valence-corrected chi connectivity index (χ1v) is 5.69. The maximum atomic E-state index is 2.45. The smallest absolute Gasteiger partial charge is 0.0243 e. The first kappa shape index (κ1) is 8.59. The first-order valence-electron chi connectivity index (χ1n) is 5.69. The second-order valence-corrected chi connectivity index (χ2v) is 5.31. The number of hydrogen-bond donors (Lipinski definition) is 0. The molecule has 2 aliphatic carbocycles. The predicted molar refractivity (Wildman–Crippen MR) is 53.0 cm³/mol. The fourth-order valence-corrected chi connectivity index (χ4v) is 3.59. The van der Waals surface area contributed by atoms with Crippen LogP contribution in [0.1, 0.15) is 52.9 Å². The lowest BCUT2D eigenvalue weighted by Gasteiger charge is -2.22. The molecule has 0 amide bonds. The van der Waals surface area contributed by atoms with Gasteiger partial charge in [0.2, 0.25) is 0 Å². The summed E-state index contributed by atoms with van der Waals surface area (Å²) in [5.41, 5.74) is 0.810. The minimum Gasteiger partial charge on any atom is -0.0648 e. The lowest BCUT2D eigenvalue weighted by molar-refractivity contribution is 0.273. The predicted octanol–water partition coefficient (Wildman–Crippen LogP) is 3.86. The maximum absolute atomic E-state index is 2.45. The van der Waals surface area contributed by atoms with E-state index in [1.54, 1.807) is 0 Å². The van der Waals surface area contributed by atoms with Crippen LogP contribution in [0.3, 0.4) is 0 Å². The zero-order valence-corrected chi connectivity index (χ0v) is 8.77. The topological polar surface area (TPSA) is 0 Å². The lowest BCUT2D eigenvalue weighted by Crippen LogP contribution is -2.14. The van der Waals surface area contributed by atoms with Crippen molar-refractivity contribution in [3.63, 3.8) is 0 Å². The van der Waals surface area contributed by atoms with Gasteiger partial charge >= 0.3 is 0 Å². The van der Waals surface area contributed by atoms with Crippen molar-refractivity contribution < 1.29 is 0 Å². The van der Waals surface area contributed by atoms with Gasteiger partial charge in [-0.15, -0.1) is 0 Å². The molecule has 0 aliphatic heterocycles. The fraction of sp³-hybridized carbons (Fsp3) is 1.00. The fourth-order valence-electron chi connectivity index (χ4n) is 3.59. The van der Waals surface area contributed by atoms with Crippen LogP contribution in [0.15, 0.2) is 0 Å². The highest BCUT2D eigenvalue weighted by molar-refractivity contribution is 5.04. The second kappa shape index (κ2) is 2.75. The second-order valence-electron chi connectivity index (χ2n) is 5.31. The van der Waals surface area contributed by atoms with Crippen molar-refractivity contribution in [2.75, 3.05) is 0 Å². The summed E-state index contributed by atoms with van der Waals surface area (Å²) in [6, 6.07) is 0. The van der Waals surface area contributed by atoms with E-state index in [1.807, 2.05) is 0 Å². The monoisotopic (exact) mass is 166 g/mol. The van der Waals surface area contributed by atoms with Gasteiger partial charge in [0.05, 0.1) is 0 Å². The molecule has 2 aliphatic rings. The molecule has 2 rings (SSSR count). The summed E-state index contributed by atoms with van der Waals surface area (Å²) >= 11 is 0. The normalized spacial score (nSPS) is 52.8. The molecule has 0 bridgehead atoms. The summed E-state index contributed by atoms with van der Waals surface area (Å²) in [7, 11) is 0. The van der Waals surface area contributed by atoms with Crippen LogP contribution >= 0.6 is 0 Å². The minimum absolute atomic E-state index is 0.810. The van der Waals surface area contributed by atoms with E-state index in [9.17, 15) is 0 Å². The molecule has 0 aromatic rings. The summed E-state index contributed by atoms with van der Waals surface area (Å²) in [6.07, 6.45) is 7.52. The van der Waals surface area contributed by atoms with Crippen LogP contribution in [0.25, 0.3) is 0 Å². The molecule has 0 aromatic carbocycles. The molecule has 0 heteroatoms. The molecule has 70 valence electrons. The first-order chi connectivity index (χ1) is 5.69. The molecule has 2 fully saturated rings. The number of hydrogen-bond acceptors (Lipinski definition) is 0. The highest BCUT2D eigenvalue weighted by Crippen LogP contribution is 2.64. The SMILES string of the molecule is CCC1(C2CCC(C)C2)CC1C. The Balaban J connectivity index is 2.00. The third-order valence-electron chi connectivity index (χ3n) is 4.67. The summed E-state index contributed by atoms with van der Waals surface area (Å²) in [5, 5.41) is 0. The Hall–Kier alpha value is 0. The van der Waals surface area contributed by atoms with Crippen molar-refractivity contribution in [3.05, 3.63) is 0 Å². The molecule has 0 N–H and O–H groups in total. The van der Waals surface area contributed by atoms with E-state index >= 15 is 0 Å². The van der Waals surface area contributed by atoms with E-state index in [0.717, 1.165) is 23.2 Å². The van der Waals surface area contributed by atoms with Gasteiger partial charge in [0.25, 0.3) is 0 Å². The van der Waals surface area contributed by atoms with Gasteiger partial charge in [-0.25, -0.2) is 0 Å².